The second-order valence-corrected chi connectivity index (χ2v) is 9.40. The van der Waals surface area contributed by atoms with Crippen molar-refractivity contribution >= 4 is 29.0 Å². The molecule has 0 bridgehead atoms. The largest absolute Gasteiger partial charge is 0.486 e. The number of nitrogens with zero attached hydrogens (tertiary/aromatic N) is 5. The van der Waals surface area contributed by atoms with E-state index in [1.807, 2.05) is 54.0 Å². The smallest absolute Gasteiger partial charge is 0.258 e. The Morgan fingerprint density at radius 3 is 2.60 bits per heavy atom. The van der Waals surface area contributed by atoms with Crippen LogP contribution in [0.1, 0.15) is 22.6 Å². The summed E-state index contributed by atoms with van der Waals surface area (Å²) in [4.78, 5) is 17.2. The van der Waals surface area contributed by atoms with Gasteiger partial charge in [-0.3, -0.25) is 13.8 Å². The van der Waals surface area contributed by atoms with Gasteiger partial charge in [0.1, 0.15) is 18.0 Å². The zero-order valence-electron chi connectivity index (χ0n) is 19.0. The summed E-state index contributed by atoms with van der Waals surface area (Å²) in [5.41, 5.74) is 3.40. The molecule has 5 rings (SSSR count). The summed E-state index contributed by atoms with van der Waals surface area (Å²) in [6.07, 6.45) is 1.75. The van der Waals surface area contributed by atoms with Crippen LogP contribution in [0.4, 0.5) is 0 Å². The predicted octanol–water partition coefficient (Wildman–Crippen LogP) is 5.17. The molecule has 0 N–H and O–H groups in total. The Morgan fingerprint density at radius 1 is 1.00 bits per heavy atom. The first-order chi connectivity index (χ1) is 17.0. The molecule has 0 spiro atoms. The van der Waals surface area contributed by atoms with Crippen molar-refractivity contribution in [3.05, 3.63) is 117 Å². The number of halogens is 1. The third-order valence-electron chi connectivity index (χ3n) is 5.38. The molecule has 0 aliphatic rings. The fourth-order valence-electron chi connectivity index (χ4n) is 3.60. The molecule has 0 amide bonds. The van der Waals surface area contributed by atoms with Crippen LogP contribution in [0.15, 0.2) is 88.9 Å². The molecule has 0 aliphatic heterocycles. The Labute approximate surface area is 211 Å². The summed E-state index contributed by atoms with van der Waals surface area (Å²) in [5, 5.41) is 10.2. The molecular weight excluding hydrogens is 482 g/mol. The number of rotatable bonds is 8. The van der Waals surface area contributed by atoms with Crippen molar-refractivity contribution in [2.75, 3.05) is 0 Å². The Kier molecular flexibility index (Phi) is 6.83. The normalized spacial score (nSPS) is 11.1. The van der Waals surface area contributed by atoms with E-state index in [0.29, 0.717) is 40.2 Å². The lowest BCUT2D eigenvalue weighted by Gasteiger charge is -2.11. The number of benzene rings is 2. The summed E-state index contributed by atoms with van der Waals surface area (Å²) in [7, 11) is 0. The Bertz CT molecular complexity index is 1520. The van der Waals surface area contributed by atoms with Crippen LogP contribution in [-0.2, 0) is 18.9 Å². The highest BCUT2D eigenvalue weighted by Gasteiger charge is 2.15. The van der Waals surface area contributed by atoms with Gasteiger partial charge in [0.05, 0.1) is 12.2 Å². The van der Waals surface area contributed by atoms with Gasteiger partial charge in [0, 0.05) is 23.0 Å². The van der Waals surface area contributed by atoms with Gasteiger partial charge in [0.25, 0.3) is 5.56 Å². The van der Waals surface area contributed by atoms with Crippen molar-refractivity contribution in [3.8, 4) is 5.75 Å². The van der Waals surface area contributed by atoms with Crippen molar-refractivity contribution in [3.63, 3.8) is 0 Å². The molecule has 0 unspecified atom stereocenters. The third kappa shape index (κ3) is 5.55. The maximum Gasteiger partial charge on any atom is 0.258 e. The van der Waals surface area contributed by atoms with Crippen molar-refractivity contribution < 1.29 is 4.74 Å². The van der Waals surface area contributed by atoms with Gasteiger partial charge in [-0.1, -0.05) is 53.7 Å². The van der Waals surface area contributed by atoms with Crippen LogP contribution < -0.4 is 10.3 Å². The van der Waals surface area contributed by atoms with Gasteiger partial charge in [-0.05, 0) is 54.4 Å². The highest BCUT2D eigenvalue weighted by Crippen LogP contribution is 2.24. The highest BCUT2D eigenvalue weighted by atomic mass is 35.5. The van der Waals surface area contributed by atoms with Gasteiger partial charge in [0.15, 0.2) is 11.0 Å². The van der Waals surface area contributed by atoms with Gasteiger partial charge in [0.2, 0.25) is 0 Å². The molecule has 3 aromatic heterocycles. The second kappa shape index (κ2) is 10.3. The van der Waals surface area contributed by atoms with Crippen LogP contribution in [0.5, 0.6) is 5.75 Å². The van der Waals surface area contributed by atoms with Crippen LogP contribution in [0.25, 0.3) is 5.65 Å². The Morgan fingerprint density at radius 2 is 1.80 bits per heavy atom. The fourth-order valence-corrected chi connectivity index (χ4v) is 4.58. The van der Waals surface area contributed by atoms with E-state index < -0.39 is 0 Å². The number of pyridine rings is 1. The van der Waals surface area contributed by atoms with Gasteiger partial charge in [-0.15, -0.1) is 10.2 Å². The molecule has 5 aromatic rings. The number of hydrogen-bond acceptors (Lipinski definition) is 6. The first kappa shape index (κ1) is 23.1. The van der Waals surface area contributed by atoms with Gasteiger partial charge in [-0.2, -0.15) is 0 Å². The van der Waals surface area contributed by atoms with E-state index in [-0.39, 0.29) is 12.2 Å². The number of thioether (sulfide) groups is 1. The monoisotopic (exact) mass is 503 g/mol. The van der Waals surface area contributed by atoms with E-state index in [0.717, 1.165) is 16.3 Å². The van der Waals surface area contributed by atoms with Gasteiger partial charge < -0.3 is 4.74 Å². The lowest BCUT2D eigenvalue weighted by Crippen LogP contribution is -2.15. The van der Waals surface area contributed by atoms with Crippen LogP contribution >= 0.6 is 23.4 Å². The molecule has 3 heterocycles. The number of fused-ring (bicyclic) bond motifs is 1. The van der Waals surface area contributed by atoms with Crippen molar-refractivity contribution in [1.82, 2.24) is 24.1 Å². The lowest BCUT2D eigenvalue weighted by atomic mass is 10.2. The first-order valence-electron chi connectivity index (χ1n) is 11.0. The molecule has 0 saturated heterocycles. The Balaban J connectivity index is 1.39. The average molecular weight is 504 g/mol. The van der Waals surface area contributed by atoms with Gasteiger partial charge in [-0.25, -0.2) is 4.98 Å². The first-order valence-corrected chi connectivity index (χ1v) is 12.4. The SMILES string of the molecule is Cc1ccn2c(=O)cc(CSc3nnc(COc4ccc(Cl)cc4)n3Cc3ccccc3)nc2c1. The quantitative estimate of drug-likeness (QED) is 0.272. The molecule has 2 aromatic carbocycles. The molecule has 176 valence electrons. The van der Waals surface area contributed by atoms with E-state index in [2.05, 4.69) is 27.3 Å². The zero-order chi connectivity index (χ0) is 24.2. The van der Waals surface area contributed by atoms with Crippen molar-refractivity contribution in [2.45, 2.75) is 31.0 Å². The van der Waals surface area contributed by atoms with E-state index >= 15 is 0 Å². The molecular formula is C26H22ClN5O2S. The minimum absolute atomic E-state index is 0.103. The summed E-state index contributed by atoms with van der Waals surface area (Å²) in [6, 6.07) is 22.7. The fraction of sp³-hybridized carbons (Fsp3) is 0.154. The molecule has 0 radical (unpaired) electrons. The average Bonchev–Trinajstić information content (AvgIpc) is 3.24. The molecule has 0 atom stereocenters. The van der Waals surface area contributed by atoms with E-state index in [4.69, 9.17) is 16.3 Å². The maximum absolute atomic E-state index is 12.5. The van der Waals surface area contributed by atoms with Crippen LogP contribution in [0.2, 0.25) is 5.02 Å². The summed E-state index contributed by atoms with van der Waals surface area (Å²) >= 11 is 7.46. The summed E-state index contributed by atoms with van der Waals surface area (Å²) in [5.74, 6) is 1.90. The van der Waals surface area contributed by atoms with Gasteiger partial charge >= 0.3 is 0 Å². The zero-order valence-corrected chi connectivity index (χ0v) is 20.5. The highest BCUT2D eigenvalue weighted by molar-refractivity contribution is 7.98. The second-order valence-electron chi connectivity index (χ2n) is 8.02. The molecule has 0 fully saturated rings. The van der Waals surface area contributed by atoms with E-state index in [1.54, 1.807) is 28.8 Å². The number of hydrogen-bond donors (Lipinski definition) is 0. The third-order valence-corrected chi connectivity index (χ3v) is 6.64. The molecule has 0 aliphatic carbocycles. The van der Waals surface area contributed by atoms with E-state index in [1.165, 1.54) is 11.8 Å². The molecule has 9 heteroatoms. The number of aromatic nitrogens is 5. The minimum atomic E-state index is -0.103. The predicted molar refractivity (Wildman–Crippen MR) is 137 cm³/mol. The molecule has 35 heavy (non-hydrogen) atoms. The molecule has 7 nitrogen and oxygen atoms in total. The van der Waals surface area contributed by atoms with Crippen LogP contribution in [-0.4, -0.2) is 24.1 Å². The molecule has 0 saturated carbocycles. The Hall–Kier alpha value is -3.62. The number of ether oxygens (including phenoxy) is 1. The topological polar surface area (TPSA) is 74.3 Å². The summed E-state index contributed by atoms with van der Waals surface area (Å²) in [6.45, 7) is 2.84. The maximum atomic E-state index is 12.5. The van der Waals surface area contributed by atoms with Crippen molar-refractivity contribution in [2.24, 2.45) is 0 Å². The van der Waals surface area contributed by atoms with Crippen molar-refractivity contribution in [1.29, 1.82) is 0 Å². The van der Waals surface area contributed by atoms with E-state index in [9.17, 15) is 4.79 Å². The van der Waals surface area contributed by atoms with Crippen LogP contribution in [0.3, 0.4) is 0 Å². The minimum Gasteiger partial charge on any atom is -0.486 e. The lowest BCUT2D eigenvalue weighted by molar-refractivity contribution is 0.289. The standard InChI is InChI=1S/C26H22ClN5O2S/c1-18-11-12-31-23(13-18)28-21(14-25(31)33)17-35-26-30-29-24(16-34-22-9-7-20(27)8-10-22)32(26)15-19-5-3-2-4-6-19/h2-14H,15-17H2,1H3. The summed E-state index contributed by atoms with van der Waals surface area (Å²) < 4.78 is 9.51. The van der Waals surface area contributed by atoms with Crippen LogP contribution in [0, 0.1) is 6.92 Å². The number of aryl methyl sites for hydroxylation is 1.